The number of nitrogens with zero attached hydrogens (tertiary/aromatic N) is 4. The number of aromatic nitrogens is 2. The van der Waals surface area contributed by atoms with Gasteiger partial charge in [0.1, 0.15) is 0 Å². The van der Waals surface area contributed by atoms with Gasteiger partial charge in [0.25, 0.3) is 0 Å². The van der Waals surface area contributed by atoms with Crippen molar-refractivity contribution in [3.8, 4) is 0 Å². The highest BCUT2D eigenvalue weighted by molar-refractivity contribution is 6.30. The highest BCUT2D eigenvalue weighted by Crippen LogP contribution is 2.34. The molecule has 29 heavy (non-hydrogen) atoms. The average Bonchev–Trinajstić information content (AvgIpc) is 2.75. The zero-order chi connectivity index (χ0) is 20.4. The van der Waals surface area contributed by atoms with Crippen molar-refractivity contribution in [2.75, 3.05) is 31.1 Å². The predicted octanol–water partition coefficient (Wildman–Crippen LogP) is 3.51. The maximum atomic E-state index is 13.0. The molecule has 0 spiro atoms. The Morgan fingerprint density at radius 1 is 0.966 bits per heavy atom. The van der Waals surface area contributed by atoms with Crippen molar-refractivity contribution in [2.24, 2.45) is 5.92 Å². The second kappa shape index (κ2) is 8.46. The molecule has 0 atom stereocenters. The summed E-state index contributed by atoms with van der Waals surface area (Å²) in [5, 5.41) is 20.1. The Morgan fingerprint density at radius 2 is 1.62 bits per heavy atom. The Morgan fingerprint density at radius 3 is 2.21 bits per heavy atom. The summed E-state index contributed by atoms with van der Waals surface area (Å²) < 4.78 is 0. The second-order valence-corrected chi connectivity index (χ2v) is 8.66. The molecular formula is C21H24Cl2N4O2. The zero-order valence-electron chi connectivity index (χ0n) is 16.1. The topological polar surface area (TPSA) is 69.6 Å². The molecule has 1 aromatic heterocycles. The quantitative estimate of drug-likeness (QED) is 0.799. The van der Waals surface area contributed by atoms with Crippen LogP contribution in [0.15, 0.2) is 36.4 Å². The molecule has 1 N–H and O–H groups in total. The van der Waals surface area contributed by atoms with Gasteiger partial charge in [-0.2, -0.15) is 0 Å². The van der Waals surface area contributed by atoms with Crippen molar-refractivity contribution in [2.45, 2.75) is 31.3 Å². The molecule has 0 unspecified atom stereocenters. The van der Waals surface area contributed by atoms with E-state index in [0.717, 1.165) is 37.3 Å². The fourth-order valence-corrected chi connectivity index (χ4v) is 4.46. The molecule has 2 fully saturated rings. The van der Waals surface area contributed by atoms with Gasteiger partial charge in [0.2, 0.25) is 5.91 Å². The molecule has 0 radical (unpaired) electrons. The minimum absolute atomic E-state index is 0.0215. The Labute approximate surface area is 180 Å². The van der Waals surface area contributed by atoms with Crippen molar-refractivity contribution >= 4 is 34.9 Å². The van der Waals surface area contributed by atoms with Gasteiger partial charge in [0.05, 0.1) is 5.60 Å². The monoisotopic (exact) mass is 434 g/mol. The van der Waals surface area contributed by atoms with Crippen LogP contribution < -0.4 is 4.90 Å². The van der Waals surface area contributed by atoms with Crippen LogP contribution in [0.25, 0.3) is 0 Å². The molecule has 2 aromatic rings. The number of hydrogen-bond acceptors (Lipinski definition) is 5. The van der Waals surface area contributed by atoms with Crippen molar-refractivity contribution < 1.29 is 9.90 Å². The van der Waals surface area contributed by atoms with Gasteiger partial charge in [-0.1, -0.05) is 35.3 Å². The lowest BCUT2D eigenvalue weighted by Gasteiger charge is -2.41. The number of likely N-dealkylation sites (tertiary alicyclic amines) is 1. The Hall–Kier alpha value is -1.89. The largest absolute Gasteiger partial charge is 0.385 e. The highest BCUT2D eigenvalue weighted by Gasteiger charge is 2.37. The summed E-state index contributed by atoms with van der Waals surface area (Å²) in [4.78, 5) is 17.0. The van der Waals surface area contributed by atoms with Crippen LogP contribution in [-0.2, 0) is 10.4 Å². The number of carbonyl (C=O) groups excluding carboxylic acids is 1. The minimum Gasteiger partial charge on any atom is -0.385 e. The number of hydrogen-bond donors (Lipinski definition) is 1. The molecule has 1 aromatic carbocycles. The van der Waals surface area contributed by atoms with Crippen molar-refractivity contribution in [1.82, 2.24) is 15.1 Å². The third-order valence-corrected chi connectivity index (χ3v) is 6.52. The van der Waals surface area contributed by atoms with Crippen LogP contribution in [-0.4, -0.2) is 52.3 Å². The van der Waals surface area contributed by atoms with E-state index in [1.807, 2.05) is 23.1 Å². The second-order valence-electron chi connectivity index (χ2n) is 7.84. The average molecular weight is 435 g/mol. The van der Waals surface area contributed by atoms with Crippen LogP contribution in [0.5, 0.6) is 0 Å². The van der Waals surface area contributed by atoms with Gasteiger partial charge >= 0.3 is 0 Å². The lowest BCUT2D eigenvalue weighted by Crippen LogP contribution is -2.49. The normalized spacial score (nSPS) is 20.0. The van der Waals surface area contributed by atoms with Crippen LogP contribution >= 0.6 is 23.2 Å². The van der Waals surface area contributed by atoms with Crippen molar-refractivity contribution in [3.63, 3.8) is 0 Å². The van der Waals surface area contributed by atoms with E-state index in [-0.39, 0.29) is 11.8 Å². The van der Waals surface area contributed by atoms with Crippen molar-refractivity contribution in [1.29, 1.82) is 0 Å². The van der Waals surface area contributed by atoms with Gasteiger partial charge in [0, 0.05) is 37.1 Å². The molecule has 0 saturated carbocycles. The summed E-state index contributed by atoms with van der Waals surface area (Å²) in [6.07, 6.45) is 2.67. The minimum atomic E-state index is -0.891. The van der Waals surface area contributed by atoms with Crippen LogP contribution in [0.4, 0.5) is 5.82 Å². The van der Waals surface area contributed by atoms with Crippen LogP contribution in [0.2, 0.25) is 10.2 Å². The number of amides is 1. The van der Waals surface area contributed by atoms with E-state index in [1.54, 1.807) is 18.2 Å². The maximum Gasteiger partial charge on any atom is 0.225 e. The van der Waals surface area contributed by atoms with Gasteiger partial charge in [-0.25, -0.2) is 0 Å². The molecular weight excluding hydrogens is 411 g/mol. The third kappa shape index (κ3) is 4.49. The summed E-state index contributed by atoms with van der Waals surface area (Å²) in [7, 11) is 0. The van der Waals surface area contributed by atoms with E-state index in [2.05, 4.69) is 15.1 Å². The number of piperidine rings is 2. The molecule has 0 aliphatic carbocycles. The Kier molecular flexibility index (Phi) is 5.95. The molecule has 2 aliphatic rings. The summed E-state index contributed by atoms with van der Waals surface area (Å²) in [6, 6.07) is 10.9. The number of anilines is 1. The fraction of sp³-hybridized carbons (Fsp3) is 0.476. The van der Waals surface area contributed by atoms with Gasteiger partial charge in [-0.05, 0) is 55.5 Å². The first-order valence-corrected chi connectivity index (χ1v) is 10.7. The molecule has 3 heterocycles. The fourth-order valence-electron chi connectivity index (χ4n) is 4.24. The van der Waals surface area contributed by atoms with Crippen molar-refractivity contribution in [3.05, 3.63) is 52.1 Å². The standard InChI is InChI=1S/C21H24Cl2N4O2/c22-17-3-1-16(2-4-17)21(29)9-13-27(14-10-21)20(28)15-7-11-26(12-8-15)19-6-5-18(23)24-25-19/h1-6,15,29H,7-14H2. The van der Waals surface area contributed by atoms with Crippen LogP contribution in [0.3, 0.4) is 0 Å². The molecule has 6 nitrogen and oxygen atoms in total. The number of halogens is 2. The van der Waals surface area contributed by atoms with Crippen LogP contribution in [0, 0.1) is 5.92 Å². The Balaban J connectivity index is 1.31. The third-order valence-electron chi connectivity index (χ3n) is 6.07. The summed E-state index contributed by atoms with van der Waals surface area (Å²) in [5.41, 5.74) is -0.0239. The molecule has 8 heteroatoms. The first-order valence-electron chi connectivity index (χ1n) is 9.96. The number of carbonyl (C=O) groups is 1. The van der Waals surface area contributed by atoms with Gasteiger partial charge in [-0.15, -0.1) is 10.2 Å². The van der Waals surface area contributed by atoms with E-state index >= 15 is 0 Å². The SMILES string of the molecule is O=C(C1CCN(c2ccc(Cl)nn2)CC1)N1CCC(O)(c2ccc(Cl)cc2)CC1. The number of benzene rings is 1. The summed E-state index contributed by atoms with van der Waals surface area (Å²) in [6.45, 7) is 2.69. The maximum absolute atomic E-state index is 13.0. The molecule has 154 valence electrons. The molecule has 0 bridgehead atoms. The molecule has 1 amide bonds. The molecule has 2 aliphatic heterocycles. The summed E-state index contributed by atoms with van der Waals surface area (Å²) in [5.74, 6) is 1.02. The zero-order valence-corrected chi connectivity index (χ0v) is 17.6. The Bertz CT molecular complexity index is 844. The first-order chi connectivity index (χ1) is 13.9. The predicted molar refractivity (Wildman–Crippen MR) is 113 cm³/mol. The van der Waals surface area contributed by atoms with Gasteiger partial charge in [-0.3, -0.25) is 4.79 Å². The lowest BCUT2D eigenvalue weighted by atomic mass is 9.84. The first kappa shape index (κ1) is 20.4. The lowest BCUT2D eigenvalue weighted by molar-refractivity contribution is -0.140. The smallest absolute Gasteiger partial charge is 0.225 e. The molecule has 4 rings (SSSR count). The van der Waals surface area contributed by atoms with E-state index in [0.29, 0.717) is 36.1 Å². The van der Waals surface area contributed by atoms with E-state index < -0.39 is 5.60 Å². The van der Waals surface area contributed by atoms with Gasteiger partial charge < -0.3 is 14.9 Å². The molecule has 2 saturated heterocycles. The number of rotatable bonds is 3. The van der Waals surface area contributed by atoms with E-state index in [9.17, 15) is 9.90 Å². The summed E-state index contributed by atoms with van der Waals surface area (Å²) >= 11 is 11.8. The van der Waals surface area contributed by atoms with Gasteiger partial charge in [0.15, 0.2) is 11.0 Å². The highest BCUT2D eigenvalue weighted by atomic mass is 35.5. The van der Waals surface area contributed by atoms with E-state index in [4.69, 9.17) is 23.2 Å². The van der Waals surface area contributed by atoms with Crippen LogP contribution in [0.1, 0.15) is 31.2 Å². The van der Waals surface area contributed by atoms with E-state index in [1.165, 1.54) is 0 Å². The number of aliphatic hydroxyl groups is 1.